The van der Waals surface area contributed by atoms with Crippen molar-refractivity contribution in [2.45, 2.75) is 234 Å². The minimum Gasteiger partial charge on any atom is -0.394 e. The molecule has 13 nitrogen and oxygen atoms in total. The van der Waals surface area contributed by atoms with Gasteiger partial charge in [-0.25, -0.2) is 0 Å². The van der Waals surface area contributed by atoms with Crippen molar-refractivity contribution in [3.8, 4) is 0 Å². The van der Waals surface area contributed by atoms with Gasteiger partial charge in [0.25, 0.3) is 0 Å². The number of rotatable bonds is 46. The molecule has 0 bridgehead atoms. The number of ether oxygens (including phenoxy) is 8. The third-order valence-electron chi connectivity index (χ3n) is 14.7. The van der Waals surface area contributed by atoms with E-state index in [2.05, 4.69) is 20.8 Å². The number of aliphatic hydroxyl groups is 2. The topological polar surface area (TPSA) is 149 Å². The molecule has 4 rings (SSSR count). The molecule has 0 amide bonds. The van der Waals surface area contributed by atoms with Crippen LogP contribution in [0.5, 0.6) is 0 Å². The molecule has 2 aliphatic heterocycles. The van der Waals surface area contributed by atoms with Gasteiger partial charge >= 0.3 is 8.80 Å². The molecule has 0 radical (unpaired) electrons. The van der Waals surface area contributed by atoms with Gasteiger partial charge in [0.05, 0.1) is 76.8 Å². The zero-order valence-electron chi connectivity index (χ0n) is 45.3. The largest absolute Gasteiger partial charge is 0.500 e. The van der Waals surface area contributed by atoms with Gasteiger partial charge in [-0.05, 0) is 94.6 Å². The van der Waals surface area contributed by atoms with Gasteiger partial charge in [-0.2, -0.15) is 0 Å². The van der Waals surface area contributed by atoms with Crippen LogP contribution in [-0.2, 0) is 51.2 Å². The maximum absolute atomic E-state index is 11.4. The van der Waals surface area contributed by atoms with E-state index in [0.717, 1.165) is 66.9 Å². The first-order chi connectivity index (χ1) is 34.5. The van der Waals surface area contributed by atoms with E-state index >= 15 is 0 Å². The number of hydrogen-bond donors (Lipinski definition) is 2. The fourth-order valence-corrected chi connectivity index (χ4v) is 15.3. The smallest absolute Gasteiger partial charge is 0.394 e. The van der Waals surface area contributed by atoms with Crippen LogP contribution in [0.25, 0.3) is 0 Å². The van der Waals surface area contributed by atoms with Crippen LogP contribution in [0.15, 0.2) is 0 Å². The lowest BCUT2D eigenvalue weighted by atomic mass is 9.80. The highest BCUT2D eigenvalue weighted by Gasteiger charge is 2.44. The molecule has 4 fully saturated rings. The van der Waals surface area contributed by atoms with Gasteiger partial charge in [0.1, 0.15) is 21.8 Å². The number of fused-ring (bicyclic) bond motifs is 1. The summed E-state index contributed by atoms with van der Waals surface area (Å²) in [5.41, 5.74) is 0. The Morgan fingerprint density at radius 2 is 1.32 bits per heavy atom. The highest BCUT2D eigenvalue weighted by molar-refractivity contribution is 8.47. The van der Waals surface area contributed by atoms with Crippen molar-refractivity contribution < 1.29 is 61.4 Å². The molecular formula is C54H102O13S3Si. The molecule has 0 aromatic rings. The maximum Gasteiger partial charge on any atom is 0.500 e. The Hall–Kier alpha value is 0.487. The van der Waals surface area contributed by atoms with E-state index in [4.69, 9.17) is 63.4 Å². The molecule has 418 valence electrons. The van der Waals surface area contributed by atoms with Crippen LogP contribution in [-0.4, -0.2) is 169 Å². The molecule has 2 saturated carbocycles. The van der Waals surface area contributed by atoms with Crippen molar-refractivity contribution in [1.29, 1.82) is 0 Å². The Kier molecular flexibility index (Phi) is 34.4. The lowest BCUT2D eigenvalue weighted by Gasteiger charge is -2.38. The maximum atomic E-state index is 11.4. The molecule has 0 aromatic carbocycles. The van der Waals surface area contributed by atoms with Crippen LogP contribution in [0.1, 0.15) is 175 Å². The predicted molar refractivity (Wildman–Crippen MR) is 294 cm³/mol. The van der Waals surface area contributed by atoms with E-state index < -0.39 is 21.0 Å². The van der Waals surface area contributed by atoms with Crippen LogP contribution in [0.3, 0.4) is 0 Å². The zero-order chi connectivity index (χ0) is 51.0. The quantitative estimate of drug-likeness (QED) is 0.0257. The standard InChI is InChI=1S/C54H102O13S3Si/c1-7-8-9-10-11-12-13-14-15-19-31-69-53(68)70-54(2,3)35-45(56)37-63-48(40-61-29-18-16-17-28-60-39-47-41-64-47)42-65-49-26-24-43(22-20-23-44-25-27-50-52(34-44)67-50)33-51(49)66-46(36-55)38-62-30-21-32-71(57-4,58-5)59-6/h43-52,55-56H,7-42H2,1-6H3. The summed E-state index contributed by atoms with van der Waals surface area (Å²) in [6.45, 7) is 10.9. The third-order valence-corrected chi connectivity index (χ3v) is 20.3. The van der Waals surface area contributed by atoms with Gasteiger partial charge in [-0.1, -0.05) is 110 Å². The van der Waals surface area contributed by atoms with Gasteiger partial charge in [-0.15, -0.1) is 23.5 Å². The highest BCUT2D eigenvalue weighted by atomic mass is 32.2. The fourth-order valence-electron chi connectivity index (χ4n) is 10.2. The second-order valence-corrected chi connectivity index (χ2v) is 28.5. The van der Waals surface area contributed by atoms with Gasteiger partial charge in [0.2, 0.25) is 0 Å². The number of thioether (sulfide) groups is 2. The lowest BCUT2D eigenvalue weighted by molar-refractivity contribution is -0.166. The van der Waals surface area contributed by atoms with E-state index in [9.17, 15) is 10.2 Å². The number of thiocarbonyl (C=S) groups is 1. The third kappa shape index (κ3) is 29.2. The molecule has 10 unspecified atom stereocenters. The molecule has 71 heavy (non-hydrogen) atoms. The average Bonchev–Trinajstić information content (AvgIpc) is 4.31. The monoisotopic (exact) mass is 1080 g/mol. The van der Waals surface area contributed by atoms with Crippen molar-refractivity contribution in [1.82, 2.24) is 0 Å². The number of unbranched alkanes of at least 4 members (excludes halogenated alkanes) is 11. The molecule has 17 heteroatoms. The second kappa shape index (κ2) is 38.1. The Morgan fingerprint density at radius 1 is 0.704 bits per heavy atom. The number of epoxide rings is 2. The molecule has 2 aliphatic carbocycles. The first-order valence-corrected chi connectivity index (χ1v) is 32.3. The first kappa shape index (κ1) is 64.0. The molecule has 2 N–H and O–H groups in total. The van der Waals surface area contributed by atoms with Crippen LogP contribution < -0.4 is 0 Å². The summed E-state index contributed by atoms with van der Waals surface area (Å²) < 4.78 is 66.5. The summed E-state index contributed by atoms with van der Waals surface area (Å²) in [5, 5.41) is 21.9. The minimum atomic E-state index is -2.69. The fraction of sp³-hybridized carbons (Fsp3) is 0.981. The van der Waals surface area contributed by atoms with Crippen LogP contribution >= 0.6 is 35.7 Å². The van der Waals surface area contributed by atoms with Crippen molar-refractivity contribution in [2.75, 3.05) is 93.2 Å². The highest BCUT2D eigenvalue weighted by Crippen LogP contribution is 2.42. The molecule has 0 aromatic heterocycles. The summed E-state index contributed by atoms with van der Waals surface area (Å²) in [6, 6.07) is 0.634. The summed E-state index contributed by atoms with van der Waals surface area (Å²) in [6.07, 6.45) is 27.1. The minimum absolute atomic E-state index is 0.150. The van der Waals surface area contributed by atoms with Crippen LogP contribution in [0.2, 0.25) is 6.04 Å². The molecule has 2 heterocycles. The zero-order valence-corrected chi connectivity index (χ0v) is 48.8. The molecule has 2 saturated heterocycles. The van der Waals surface area contributed by atoms with Gasteiger partial charge < -0.3 is 61.4 Å². The Morgan fingerprint density at radius 3 is 1.99 bits per heavy atom. The van der Waals surface area contributed by atoms with E-state index in [1.807, 2.05) is 0 Å². The number of hydrogen-bond acceptors (Lipinski definition) is 16. The van der Waals surface area contributed by atoms with Crippen LogP contribution in [0, 0.1) is 11.8 Å². The normalized spacial score (nSPS) is 24.7. The first-order valence-electron chi connectivity index (χ1n) is 28.2. The Bertz CT molecular complexity index is 1330. The van der Waals surface area contributed by atoms with Crippen molar-refractivity contribution in [3.05, 3.63) is 0 Å². The second-order valence-electron chi connectivity index (χ2n) is 21.4. The van der Waals surface area contributed by atoms with Gasteiger partial charge in [0, 0.05) is 51.9 Å². The van der Waals surface area contributed by atoms with E-state index in [1.54, 1.807) is 44.9 Å². The number of aliphatic hydroxyl groups excluding tert-OH is 2. The average molecular weight is 1080 g/mol. The van der Waals surface area contributed by atoms with E-state index in [0.29, 0.717) is 76.1 Å². The molecule has 10 atom stereocenters. The summed E-state index contributed by atoms with van der Waals surface area (Å²) in [7, 11) is 2.17. The van der Waals surface area contributed by atoms with Crippen LogP contribution in [0.4, 0.5) is 0 Å². The summed E-state index contributed by atoms with van der Waals surface area (Å²) >= 11 is 9.29. The Balaban J connectivity index is 1.26. The Labute approximate surface area is 446 Å². The SMILES string of the molecule is CCCCCCCCCCCCSC(=S)SC(C)(C)CC(O)COC(COCCCCCOCC1CO1)COC1CCC(CCCC2CCC3OC3C2)CC1OC(CO)COCCC[Si](OC)(OC)OC. The summed E-state index contributed by atoms with van der Waals surface area (Å²) in [4.78, 5) is 0. The molecular weight excluding hydrogens is 981 g/mol. The molecule has 4 aliphatic rings. The van der Waals surface area contributed by atoms with Crippen molar-refractivity contribution >= 4 is 48.1 Å². The lowest BCUT2D eigenvalue weighted by Crippen LogP contribution is -2.44. The van der Waals surface area contributed by atoms with Crippen molar-refractivity contribution in [2.24, 2.45) is 11.8 Å². The van der Waals surface area contributed by atoms with E-state index in [1.165, 1.54) is 103 Å². The predicted octanol–water partition coefficient (Wildman–Crippen LogP) is 11.1. The van der Waals surface area contributed by atoms with E-state index in [-0.39, 0.29) is 42.9 Å². The van der Waals surface area contributed by atoms with Gasteiger partial charge in [0.15, 0.2) is 0 Å². The van der Waals surface area contributed by atoms with Crippen molar-refractivity contribution in [3.63, 3.8) is 0 Å². The molecule has 0 spiro atoms. The summed E-state index contributed by atoms with van der Waals surface area (Å²) in [5.74, 6) is 2.35. The van der Waals surface area contributed by atoms with Gasteiger partial charge in [-0.3, -0.25) is 0 Å².